The minimum absolute atomic E-state index is 0.105. The molecule has 2 aliphatic rings. The van der Waals surface area contributed by atoms with Crippen LogP contribution in [0.15, 0.2) is 82.8 Å². The van der Waals surface area contributed by atoms with Gasteiger partial charge in [-0.25, -0.2) is 14.9 Å². The molecule has 1 fully saturated rings. The molecule has 2 heterocycles. The molecule has 0 spiro atoms. The predicted molar refractivity (Wildman–Crippen MR) is 119 cm³/mol. The van der Waals surface area contributed by atoms with E-state index in [2.05, 4.69) is 22.6 Å². The fourth-order valence-corrected chi connectivity index (χ4v) is 4.04. The third kappa shape index (κ3) is 3.03. The van der Waals surface area contributed by atoms with E-state index in [9.17, 15) is 0 Å². The van der Waals surface area contributed by atoms with Gasteiger partial charge in [0.25, 0.3) is 0 Å². The van der Waals surface area contributed by atoms with Crippen molar-refractivity contribution in [3.05, 3.63) is 94.0 Å². The fourth-order valence-electron chi connectivity index (χ4n) is 3.73. The summed E-state index contributed by atoms with van der Waals surface area (Å²) >= 11 is 12.4. The first-order chi connectivity index (χ1) is 14.2. The molecule has 0 radical (unpaired) electrons. The first-order valence-corrected chi connectivity index (χ1v) is 9.93. The van der Waals surface area contributed by atoms with Crippen LogP contribution < -0.4 is 10.3 Å². The summed E-state index contributed by atoms with van der Waals surface area (Å²) in [5, 5.41) is 3.40. The molecule has 144 valence electrons. The van der Waals surface area contributed by atoms with E-state index < -0.39 is 0 Å². The smallest absolute Gasteiger partial charge is 0.233 e. The van der Waals surface area contributed by atoms with Gasteiger partial charge in [0.15, 0.2) is 0 Å². The number of aliphatic imine (C=N–C) groups is 2. The lowest BCUT2D eigenvalue weighted by atomic mass is 9.95. The Morgan fingerprint density at radius 3 is 2.38 bits per heavy atom. The summed E-state index contributed by atoms with van der Waals surface area (Å²) in [6.45, 7) is 0. The second-order valence-electron chi connectivity index (χ2n) is 6.77. The summed E-state index contributed by atoms with van der Waals surface area (Å²) in [5.41, 5.74) is 7.39. The Hall–Kier alpha value is -3.02. The first kappa shape index (κ1) is 18.0. The Kier molecular flexibility index (Phi) is 4.42. The Bertz CT molecular complexity index is 1130. The van der Waals surface area contributed by atoms with Gasteiger partial charge in [-0.15, -0.1) is 0 Å². The second-order valence-corrected chi connectivity index (χ2v) is 7.64. The molecule has 7 heteroatoms. The van der Waals surface area contributed by atoms with Crippen molar-refractivity contribution in [3.63, 3.8) is 0 Å². The van der Waals surface area contributed by atoms with Crippen molar-refractivity contribution in [1.29, 1.82) is 0 Å². The molecule has 0 bridgehead atoms. The van der Waals surface area contributed by atoms with E-state index >= 15 is 0 Å². The van der Waals surface area contributed by atoms with Crippen LogP contribution in [0.4, 0.5) is 11.4 Å². The van der Waals surface area contributed by atoms with Crippen LogP contribution >= 0.6 is 23.2 Å². The van der Waals surface area contributed by atoms with Gasteiger partial charge in [-0.2, -0.15) is 0 Å². The maximum atomic E-state index is 6.33. The van der Waals surface area contributed by atoms with Gasteiger partial charge in [0.05, 0.1) is 11.4 Å². The van der Waals surface area contributed by atoms with Crippen LogP contribution in [-0.4, -0.2) is 24.0 Å². The predicted octanol–water partition coefficient (Wildman–Crippen LogP) is 5.40. The highest BCUT2D eigenvalue weighted by Gasteiger charge is 2.42. The number of hydrogen-bond donors (Lipinski definition) is 1. The molecule has 2 aliphatic heterocycles. The Balaban J connectivity index is 1.71. The van der Waals surface area contributed by atoms with E-state index in [1.165, 1.54) is 0 Å². The van der Waals surface area contributed by atoms with E-state index in [0.29, 0.717) is 16.0 Å². The number of guanidine groups is 2. The summed E-state index contributed by atoms with van der Waals surface area (Å²) in [6, 6.07) is 23.6. The number of halogens is 2. The Labute approximate surface area is 178 Å². The number of hydrazine groups is 1. The summed E-state index contributed by atoms with van der Waals surface area (Å²) in [6.07, 6.45) is 0. The zero-order valence-electron chi connectivity index (χ0n) is 15.6. The van der Waals surface area contributed by atoms with Crippen LogP contribution in [0, 0.1) is 0 Å². The van der Waals surface area contributed by atoms with Gasteiger partial charge in [0.2, 0.25) is 11.9 Å². The average Bonchev–Trinajstić information content (AvgIpc) is 3.11. The first-order valence-electron chi connectivity index (χ1n) is 9.17. The number of anilines is 1. The van der Waals surface area contributed by atoms with Gasteiger partial charge in [0, 0.05) is 22.7 Å². The summed E-state index contributed by atoms with van der Waals surface area (Å²) < 4.78 is 0. The van der Waals surface area contributed by atoms with Gasteiger partial charge in [-0.1, -0.05) is 53.5 Å². The van der Waals surface area contributed by atoms with E-state index in [1.807, 2.05) is 70.6 Å². The van der Waals surface area contributed by atoms with Gasteiger partial charge in [-0.05, 0) is 48.0 Å². The van der Waals surface area contributed by atoms with Gasteiger partial charge in [0.1, 0.15) is 6.04 Å². The molecule has 1 atom stereocenters. The number of rotatable bonds is 2. The monoisotopic (exact) mass is 421 g/mol. The van der Waals surface area contributed by atoms with Crippen LogP contribution in [0.5, 0.6) is 0 Å². The van der Waals surface area contributed by atoms with Gasteiger partial charge in [-0.3, -0.25) is 10.4 Å². The number of nitrogens with zero attached hydrogens (tertiary/aromatic N) is 4. The Morgan fingerprint density at radius 2 is 1.66 bits per heavy atom. The highest BCUT2D eigenvalue weighted by molar-refractivity contribution is 6.31. The van der Waals surface area contributed by atoms with E-state index in [-0.39, 0.29) is 6.04 Å². The lowest BCUT2D eigenvalue weighted by Gasteiger charge is -2.34. The molecule has 0 saturated carbocycles. The van der Waals surface area contributed by atoms with Crippen LogP contribution in [0.3, 0.4) is 0 Å². The number of fused-ring (bicyclic) bond motifs is 2. The van der Waals surface area contributed by atoms with Crippen LogP contribution in [0.25, 0.3) is 0 Å². The van der Waals surface area contributed by atoms with E-state index in [0.717, 1.165) is 28.5 Å². The Morgan fingerprint density at radius 1 is 0.931 bits per heavy atom. The average molecular weight is 422 g/mol. The minimum Gasteiger partial charge on any atom is -0.263 e. The zero-order chi connectivity index (χ0) is 20.0. The van der Waals surface area contributed by atoms with Crippen molar-refractivity contribution in [3.8, 4) is 0 Å². The molecule has 1 N–H and O–H groups in total. The van der Waals surface area contributed by atoms with Crippen molar-refractivity contribution >= 4 is 46.5 Å². The molecule has 0 amide bonds. The van der Waals surface area contributed by atoms with Crippen molar-refractivity contribution in [1.82, 2.24) is 10.4 Å². The molecule has 0 aliphatic carbocycles. The maximum absolute atomic E-state index is 6.33. The van der Waals surface area contributed by atoms with Crippen molar-refractivity contribution in [2.45, 2.75) is 6.04 Å². The lowest BCUT2D eigenvalue weighted by Crippen LogP contribution is -2.42. The number of nitrogens with one attached hydrogen (secondary N) is 1. The quantitative estimate of drug-likeness (QED) is 0.602. The summed E-state index contributed by atoms with van der Waals surface area (Å²) in [5.74, 6) is 1.43. The fraction of sp³-hybridized carbons (Fsp3) is 0.0909. The summed E-state index contributed by atoms with van der Waals surface area (Å²) in [7, 11) is 1.76. The van der Waals surface area contributed by atoms with Crippen molar-refractivity contribution < 1.29 is 0 Å². The van der Waals surface area contributed by atoms with Gasteiger partial charge < -0.3 is 0 Å². The number of benzene rings is 3. The van der Waals surface area contributed by atoms with E-state index in [4.69, 9.17) is 28.2 Å². The molecule has 0 aromatic heterocycles. The minimum atomic E-state index is -0.105. The maximum Gasteiger partial charge on any atom is 0.233 e. The van der Waals surface area contributed by atoms with Crippen molar-refractivity contribution in [2.24, 2.45) is 9.98 Å². The molecule has 5 rings (SSSR count). The summed E-state index contributed by atoms with van der Waals surface area (Å²) in [4.78, 5) is 11.4. The normalized spacial score (nSPS) is 18.9. The largest absolute Gasteiger partial charge is 0.263 e. The topological polar surface area (TPSA) is 43.2 Å². The molecule has 1 unspecified atom stereocenters. The number of hydrogen-bond acceptors (Lipinski definition) is 3. The molecule has 3 aromatic carbocycles. The molecule has 29 heavy (non-hydrogen) atoms. The standard InChI is InChI=1S/C22H17Cl2N5/c1-25-21-27-29-20(14-5-3-2-4-6-14)18-13-16(24)9-12-19(18)26-22(29)28(21)17-10-7-15(23)8-11-17/h2-13,20H,1H3,(H,25,27). The van der Waals surface area contributed by atoms with Crippen LogP contribution in [0.2, 0.25) is 10.0 Å². The highest BCUT2D eigenvalue weighted by Crippen LogP contribution is 2.42. The third-order valence-electron chi connectivity index (χ3n) is 5.02. The SMILES string of the molecule is CN=C1NN2C(=Nc3ccc(Cl)cc3C2c2ccccc2)N1c1ccc(Cl)cc1. The zero-order valence-corrected chi connectivity index (χ0v) is 17.1. The third-order valence-corrected chi connectivity index (χ3v) is 5.51. The van der Waals surface area contributed by atoms with E-state index in [1.54, 1.807) is 7.05 Å². The highest BCUT2D eigenvalue weighted by atomic mass is 35.5. The molecule has 5 nitrogen and oxygen atoms in total. The molecular formula is C22H17Cl2N5. The van der Waals surface area contributed by atoms with Crippen LogP contribution in [-0.2, 0) is 0 Å². The second kappa shape index (κ2) is 7.10. The molecule has 3 aromatic rings. The lowest BCUT2D eigenvalue weighted by molar-refractivity contribution is 0.324. The van der Waals surface area contributed by atoms with Crippen molar-refractivity contribution in [2.75, 3.05) is 11.9 Å². The molecule has 1 saturated heterocycles. The van der Waals surface area contributed by atoms with Gasteiger partial charge >= 0.3 is 0 Å². The van der Waals surface area contributed by atoms with Crippen LogP contribution in [0.1, 0.15) is 17.2 Å². The molecular weight excluding hydrogens is 405 g/mol.